The third kappa shape index (κ3) is 2.30. The molecule has 0 aliphatic rings. The van der Waals surface area contributed by atoms with Crippen LogP contribution in [0, 0.1) is 0 Å². The van der Waals surface area contributed by atoms with Gasteiger partial charge in [0, 0.05) is 0 Å². The number of methoxy groups -OCH3 is 1. The van der Waals surface area contributed by atoms with Crippen LogP contribution in [0.5, 0.6) is 11.8 Å². The van der Waals surface area contributed by atoms with Crippen LogP contribution < -0.4 is 15.2 Å². The van der Waals surface area contributed by atoms with Gasteiger partial charge in [0.15, 0.2) is 0 Å². The molecular formula is C11H14N4O2. The Morgan fingerprint density at radius 2 is 2.00 bits per heavy atom. The van der Waals surface area contributed by atoms with E-state index in [4.69, 9.17) is 15.2 Å². The van der Waals surface area contributed by atoms with Gasteiger partial charge in [0.25, 0.3) is 0 Å². The van der Waals surface area contributed by atoms with Gasteiger partial charge in [-0.05, 0) is 31.2 Å². The quantitative estimate of drug-likeness (QED) is 0.861. The largest absolute Gasteiger partial charge is 0.497 e. The third-order valence-corrected chi connectivity index (χ3v) is 2.20. The second kappa shape index (κ2) is 4.73. The summed E-state index contributed by atoms with van der Waals surface area (Å²) in [6.45, 7) is 2.37. The van der Waals surface area contributed by atoms with Crippen molar-refractivity contribution >= 4 is 5.95 Å². The van der Waals surface area contributed by atoms with E-state index < -0.39 is 0 Å². The molecule has 0 saturated carbocycles. The fraction of sp³-hybridized carbons (Fsp3) is 0.273. The maximum absolute atomic E-state index is 5.75. The number of nitrogens with zero attached hydrogens (tertiary/aromatic N) is 3. The van der Waals surface area contributed by atoms with E-state index in [1.165, 1.54) is 4.68 Å². The van der Waals surface area contributed by atoms with Gasteiger partial charge < -0.3 is 15.2 Å². The van der Waals surface area contributed by atoms with Gasteiger partial charge in [-0.3, -0.25) is 0 Å². The van der Waals surface area contributed by atoms with Crippen LogP contribution in [0.2, 0.25) is 0 Å². The van der Waals surface area contributed by atoms with Crippen LogP contribution in [0.15, 0.2) is 24.3 Å². The molecule has 0 spiro atoms. The summed E-state index contributed by atoms with van der Waals surface area (Å²) in [5.41, 5.74) is 6.56. The number of ether oxygens (including phenoxy) is 2. The van der Waals surface area contributed by atoms with Crippen molar-refractivity contribution < 1.29 is 9.47 Å². The first-order valence-corrected chi connectivity index (χ1v) is 5.24. The first-order valence-electron chi connectivity index (χ1n) is 5.24. The van der Waals surface area contributed by atoms with Gasteiger partial charge in [-0.25, -0.2) is 0 Å². The monoisotopic (exact) mass is 234 g/mol. The van der Waals surface area contributed by atoms with Crippen LogP contribution in [0.3, 0.4) is 0 Å². The Balaban J connectivity index is 2.31. The molecule has 1 aromatic carbocycles. The van der Waals surface area contributed by atoms with Crippen molar-refractivity contribution in [1.29, 1.82) is 0 Å². The first-order chi connectivity index (χ1) is 8.24. The predicted molar refractivity (Wildman–Crippen MR) is 63.5 cm³/mol. The van der Waals surface area contributed by atoms with Crippen LogP contribution >= 0.6 is 0 Å². The Morgan fingerprint density at radius 3 is 2.59 bits per heavy atom. The second-order valence-electron chi connectivity index (χ2n) is 3.30. The van der Waals surface area contributed by atoms with E-state index >= 15 is 0 Å². The van der Waals surface area contributed by atoms with Crippen molar-refractivity contribution in [2.24, 2.45) is 0 Å². The topological polar surface area (TPSA) is 75.2 Å². The van der Waals surface area contributed by atoms with Crippen molar-refractivity contribution in [3.05, 3.63) is 24.3 Å². The average Bonchev–Trinajstić information content (AvgIpc) is 2.71. The van der Waals surface area contributed by atoms with Gasteiger partial charge in [0.1, 0.15) is 5.75 Å². The summed E-state index contributed by atoms with van der Waals surface area (Å²) in [4.78, 5) is 4.00. The van der Waals surface area contributed by atoms with Crippen molar-refractivity contribution in [1.82, 2.24) is 14.8 Å². The Kier molecular flexibility index (Phi) is 3.13. The van der Waals surface area contributed by atoms with Gasteiger partial charge in [-0.15, -0.1) is 5.10 Å². The normalized spacial score (nSPS) is 10.2. The van der Waals surface area contributed by atoms with E-state index in [2.05, 4.69) is 10.1 Å². The van der Waals surface area contributed by atoms with Crippen LogP contribution in [-0.4, -0.2) is 28.5 Å². The molecule has 0 saturated heterocycles. The number of aromatic nitrogens is 3. The minimum Gasteiger partial charge on any atom is -0.497 e. The SMILES string of the molecule is CCOc1nc(N)n(-c2ccc(OC)cc2)n1. The van der Waals surface area contributed by atoms with E-state index in [0.717, 1.165) is 11.4 Å². The fourth-order valence-electron chi connectivity index (χ4n) is 1.41. The van der Waals surface area contributed by atoms with Gasteiger partial charge in [-0.1, -0.05) is 0 Å². The van der Waals surface area contributed by atoms with Gasteiger partial charge in [-0.2, -0.15) is 9.67 Å². The first kappa shape index (κ1) is 11.3. The number of nitrogens with two attached hydrogens (primary N) is 1. The molecular weight excluding hydrogens is 220 g/mol. The molecule has 1 aromatic heterocycles. The highest BCUT2D eigenvalue weighted by molar-refractivity contribution is 5.41. The fourth-order valence-corrected chi connectivity index (χ4v) is 1.41. The van der Waals surface area contributed by atoms with E-state index in [0.29, 0.717) is 12.6 Å². The maximum Gasteiger partial charge on any atom is 0.337 e. The Hall–Kier alpha value is -2.24. The van der Waals surface area contributed by atoms with Gasteiger partial charge in [0.2, 0.25) is 5.95 Å². The van der Waals surface area contributed by atoms with E-state index in [-0.39, 0.29) is 6.01 Å². The molecule has 0 amide bonds. The number of rotatable bonds is 4. The smallest absolute Gasteiger partial charge is 0.337 e. The standard InChI is InChI=1S/C11H14N4O2/c1-3-17-11-13-10(12)15(14-11)8-4-6-9(16-2)7-5-8/h4-7H,3H2,1-2H3,(H2,12,13,14). The van der Waals surface area contributed by atoms with E-state index in [1.54, 1.807) is 7.11 Å². The van der Waals surface area contributed by atoms with Crippen molar-refractivity contribution in [3.63, 3.8) is 0 Å². The number of anilines is 1. The lowest BCUT2D eigenvalue weighted by molar-refractivity contribution is 0.312. The number of nitrogen functional groups attached to an aromatic ring is 1. The summed E-state index contributed by atoms with van der Waals surface area (Å²) in [5.74, 6) is 1.07. The molecule has 90 valence electrons. The molecule has 0 bridgehead atoms. The molecule has 2 aromatic rings. The molecule has 0 radical (unpaired) electrons. The molecule has 0 atom stereocenters. The molecule has 0 unspecified atom stereocenters. The Labute approximate surface area is 99.0 Å². The maximum atomic E-state index is 5.75. The molecule has 6 nitrogen and oxygen atoms in total. The molecule has 6 heteroatoms. The van der Waals surface area contributed by atoms with Crippen LogP contribution in [-0.2, 0) is 0 Å². The van der Waals surface area contributed by atoms with Crippen molar-refractivity contribution in [2.45, 2.75) is 6.92 Å². The zero-order chi connectivity index (χ0) is 12.3. The zero-order valence-electron chi connectivity index (χ0n) is 9.75. The highest BCUT2D eigenvalue weighted by Crippen LogP contribution is 2.18. The predicted octanol–water partition coefficient (Wildman–Crippen LogP) is 1.26. The summed E-state index contributed by atoms with van der Waals surface area (Å²) in [6.07, 6.45) is 0. The zero-order valence-corrected chi connectivity index (χ0v) is 9.75. The highest BCUT2D eigenvalue weighted by atomic mass is 16.5. The van der Waals surface area contributed by atoms with Crippen LogP contribution in [0.25, 0.3) is 5.69 Å². The molecule has 2 rings (SSSR count). The molecule has 2 N–H and O–H groups in total. The number of benzene rings is 1. The van der Waals surface area contributed by atoms with Crippen LogP contribution in [0.1, 0.15) is 6.92 Å². The molecule has 1 heterocycles. The lowest BCUT2D eigenvalue weighted by Crippen LogP contribution is -2.02. The van der Waals surface area contributed by atoms with E-state index in [1.807, 2.05) is 31.2 Å². The van der Waals surface area contributed by atoms with E-state index in [9.17, 15) is 0 Å². The summed E-state index contributed by atoms with van der Waals surface area (Å²) in [7, 11) is 1.62. The van der Waals surface area contributed by atoms with Gasteiger partial charge >= 0.3 is 6.01 Å². The number of hydrogen-bond donors (Lipinski definition) is 1. The van der Waals surface area contributed by atoms with Crippen LogP contribution in [0.4, 0.5) is 5.95 Å². The third-order valence-electron chi connectivity index (χ3n) is 2.20. The minimum absolute atomic E-state index is 0.279. The van der Waals surface area contributed by atoms with Crippen molar-refractivity contribution in [3.8, 4) is 17.4 Å². The summed E-state index contributed by atoms with van der Waals surface area (Å²) >= 11 is 0. The lowest BCUT2D eigenvalue weighted by atomic mass is 10.3. The molecule has 0 aliphatic heterocycles. The average molecular weight is 234 g/mol. The molecule has 0 fully saturated rings. The summed E-state index contributed by atoms with van der Waals surface area (Å²) < 4.78 is 11.8. The number of hydrogen-bond acceptors (Lipinski definition) is 5. The summed E-state index contributed by atoms with van der Waals surface area (Å²) in [5, 5.41) is 4.14. The highest BCUT2D eigenvalue weighted by Gasteiger charge is 2.09. The molecule has 0 aliphatic carbocycles. The molecule has 17 heavy (non-hydrogen) atoms. The lowest BCUT2D eigenvalue weighted by Gasteiger charge is -2.03. The Morgan fingerprint density at radius 1 is 1.29 bits per heavy atom. The summed E-state index contributed by atoms with van der Waals surface area (Å²) in [6, 6.07) is 7.63. The Bertz CT molecular complexity index is 493. The second-order valence-corrected chi connectivity index (χ2v) is 3.30. The van der Waals surface area contributed by atoms with Gasteiger partial charge in [0.05, 0.1) is 19.4 Å². The minimum atomic E-state index is 0.279. The van der Waals surface area contributed by atoms with Crippen molar-refractivity contribution in [2.75, 3.05) is 19.5 Å².